The van der Waals surface area contributed by atoms with Crippen LogP contribution in [0, 0.1) is 13.8 Å². The standard InChI is InChI=1S/C15H22N4O/c1-9-7-13(11(3)20-9)10(2)16-8-14-17-18-15(19(14)4)12-5-6-12/h7,10,12,16H,5-6,8H2,1-4H3/t10-/m1/s1. The zero-order valence-electron chi connectivity index (χ0n) is 12.6. The lowest BCUT2D eigenvalue weighted by atomic mass is 10.1. The Hall–Kier alpha value is -1.62. The van der Waals surface area contributed by atoms with Crippen molar-refractivity contribution >= 4 is 0 Å². The van der Waals surface area contributed by atoms with E-state index in [1.807, 2.05) is 13.8 Å². The van der Waals surface area contributed by atoms with Gasteiger partial charge >= 0.3 is 0 Å². The fourth-order valence-corrected chi connectivity index (χ4v) is 2.66. The first-order valence-corrected chi connectivity index (χ1v) is 7.24. The van der Waals surface area contributed by atoms with Crippen LogP contribution in [0.2, 0.25) is 0 Å². The van der Waals surface area contributed by atoms with E-state index in [0.29, 0.717) is 5.92 Å². The highest BCUT2D eigenvalue weighted by molar-refractivity contribution is 5.23. The zero-order valence-corrected chi connectivity index (χ0v) is 12.6. The van der Waals surface area contributed by atoms with E-state index < -0.39 is 0 Å². The quantitative estimate of drug-likeness (QED) is 0.911. The molecule has 0 bridgehead atoms. The summed E-state index contributed by atoms with van der Waals surface area (Å²) in [5.74, 6) is 4.71. The van der Waals surface area contributed by atoms with Gasteiger partial charge in [0.05, 0.1) is 6.54 Å². The van der Waals surface area contributed by atoms with Crippen LogP contribution >= 0.6 is 0 Å². The van der Waals surface area contributed by atoms with Gasteiger partial charge in [-0.05, 0) is 39.7 Å². The first kappa shape index (κ1) is 13.4. The zero-order chi connectivity index (χ0) is 14.3. The van der Waals surface area contributed by atoms with E-state index in [9.17, 15) is 0 Å². The van der Waals surface area contributed by atoms with Crippen LogP contribution in [0.4, 0.5) is 0 Å². The van der Waals surface area contributed by atoms with Gasteiger partial charge in [-0.2, -0.15) is 0 Å². The van der Waals surface area contributed by atoms with Gasteiger partial charge in [0.2, 0.25) is 0 Å². The minimum Gasteiger partial charge on any atom is -0.466 e. The van der Waals surface area contributed by atoms with Crippen molar-refractivity contribution in [3.63, 3.8) is 0 Å². The van der Waals surface area contributed by atoms with E-state index in [-0.39, 0.29) is 6.04 Å². The number of rotatable bonds is 5. The molecule has 1 aliphatic carbocycles. The molecular weight excluding hydrogens is 252 g/mol. The van der Waals surface area contributed by atoms with Gasteiger partial charge in [-0.15, -0.1) is 10.2 Å². The molecule has 0 unspecified atom stereocenters. The molecule has 2 aromatic rings. The van der Waals surface area contributed by atoms with Crippen molar-refractivity contribution in [3.8, 4) is 0 Å². The van der Waals surface area contributed by atoms with E-state index >= 15 is 0 Å². The molecule has 0 amide bonds. The molecule has 5 nitrogen and oxygen atoms in total. The van der Waals surface area contributed by atoms with Crippen LogP contribution in [0.5, 0.6) is 0 Å². The largest absolute Gasteiger partial charge is 0.466 e. The third-order valence-electron chi connectivity index (χ3n) is 4.05. The van der Waals surface area contributed by atoms with Gasteiger partial charge in [-0.25, -0.2) is 0 Å². The van der Waals surface area contributed by atoms with Crippen molar-refractivity contribution in [2.75, 3.05) is 0 Å². The van der Waals surface area contributed by atoms with Crippen LogP contribution in [0.25, 0.3) is 0 Å². The lowest BCUT2D eigenvalue weighted by molar-refractivity contribution is 0.486. The second kappa shape index (κ2) is 5.05. The van der Waals surface area contributed by atoms with Gasteiger partial charge in [0.15, 0.2) is 0 Å². The Kier molecular flexibility index (Phi) is 3.38. The molecule has 108 valence electrons. The summed E-state index contributed by atoms with van der Waals surface area (Å²) < 4.78 is 7.71. The Morgan fingerprint density at radius 2 is 2.15 bits per heavy atom. The van der Waals surface area contributed by atoms with Gasteiger partial charge in [-0.3, -0.25) is 0 Å². The summed E-state index contributed by atoms with van der Waals surface area (Å²) in [6.07, 6.45) is 2.51. The van der Waals surface area contributed by atoms with Gasteiger partial charge in [0.25, 0.3) is 0 Å². The maximum atomic E-state index is 5.58. The summed E-state index contributed by atoms with van der Waals surface area (Å²) in [5.41, 5.74) is 1.21. The highest BCUT2D eigenvalue weighted by Crippen LogP contribution is 2.38. The fraction of sp³-hybridized carbons (Fsp3) is 0.600. The summed E-state index contributed by atoms with van der Waals surface area (Å²) in [5, 5.41) is 12.1. The van der Waals surface area contributed by atoms with Crippen LogP contribution in [0.3, 0.4) is 0 Å². The molecule has 3 rings (SSSR count). The molecule has 0 spiro atoms. The first-order chi connectivity index (χ1) is 9.56. The molecule has 2 heterocycles. The topological polar surface area (TPSA) is 55.9 Å². The number of nitrogens with one attached hydrogen (secondary N) is 1. The lowest BCUT2D eigenvalue weighted by Gasteiger charge is -2.12. The van der Waals surface area contributed by atoms with Crippen molar-refractivity contribution in [3.05, 3.63) is 34.8 Å². The van der Waals surface area contributed by atoms with Crippen LogP contribution in [0.1, 0.15) is 60.5 Å². The SMILES string of the molecule is Cc1cc([C@@H](C)NCc2nnc(C3CC3)n2C)c(C)o1. The Morgan fingerprint density at radius 3 is 2.75 bits per heavy atom. The third-order valence-corrected chi connectivity index (χ3v) is 4.05. The third kappa shape index (κ3) is 2.50. The predicted molar refractivity (Wildman–Crippen MR) is 76.4 cm³/mol. The maximum Gasteiger partial charge on any atom is 0.146 e. The molecule has 5 heteroatoms. The average Bonchev–Trinajstić information content (AvgIpc) is 3.10. The minimum absolute atomic E-state index is 0.244. The smallest absolute Gasteiger partial charge is 0.146 e. The molecule has 1 fully saturated rings. The Balaban J connectivity index is 1.65. The fourth-order valence-electron chi connectivity index (χ4n) is 2.66. The van der Waals surface area contributed by atoms with Gasteiger partial charge in [-0.1, -0.05) is 0 Å². The van der Waals surface area contributed by atoms with Crippen LogP contribution in [-0.2, 0) is 13.6 Å². The van der Waals surface area contributed by atoms with Gasteiger partial charge < -0.3 is 14.3 Å². The molecule has 20 heavy (non-hydrogen) atoms. The van der Waals surface area contributed by atoms with Gasteiger partial charge in [0, 0.05) is 24.6 Å². The van der Waals surface area contributed by atoms with E-state index in [1.54, 1.807) is 0 Å². The number of hydrogen-bond acceptors (Lipinski definition) is 4. The number of hydrogen-bond donors (Lipinski definition) is 1. The lowest BCUT2D eigenvalue weighted by Crippen LogP contribution is -2.20. The van der Waals surface area contributed by atoms with Crippen molar-refractivity contribution in [1.82, 2.24) is 20.1 Å². The molecule has 2 aromatic heterocycles. The summed E-state index contributed by atoms with van der Waals surface area (Å²) in [6, 6.07) is 2.34. The highest BCUT2D eigenvalue weighted by Gasteiger charge is 2.29. The molecule has 1 atom stereocenters. The number of aryl methyl sites for hydroxylation is 2. The second-order valence-electron chi connectivity index (χ2n) is 5.78. The van der Waals surface area contributed by atoms with Crippen LogP contribution < -0.4 is 5.32 Å². The minimum atomic E-state index is 0.244. The van der Waals surface area contributed by atoms with Crippen molar-refractivity contribution in [2.24, 2.45) is 7.05 Å². The summed E-state index contributed by atoms with van der Waals surface area (Å²) >= 11 is 0. The molecule has 0 radical (unpaired) electrons. The van der Waals surface area contributed by atoms with Crippen molar-refractivity contribution in [2.45, 2.75) is 52.1 Å². The summed E-state index contributed by atoms with van der Waals surface area (Å²) in [6.45, 7) is 6.86. The first-order valence-electron chi connectivity index (χ1n) is 7.24. The molecule has 1 aliphatic rings. The van der Waals surface area contributed by atoms with E-state index in [0.717, 1.165) is 29.7 Å². The highest BCUT2D eigenvalue weighted by atomic mass is 16.3. The van der Waals surface area contributed by atoms with Crippen molar-refractivity contribution < 1.29 is 4.42 Å². The molecular formula is C15H22N4O. The van der Waals surface area contributed by atoms with E-state index in [4.69, 9.17) is 4.42 Å². The maximum absolute atomic E-state index is 5.58. The predicted octanol–water partition coefficient (Wildman–Crippen LogP) is 2.75. The molecule has 0 aliphatic heterocycles. The van der Waals surface area contributed by atoms with Crippen LogP contribution in [-0.4, -0.2) is 14.8 Å². The van der Waals surface area contributed by atoms with Crippen LogP contribution in [0.15, 0.2) is 10.5 Å². The molecule has 0 aromatic carbocycles. The average molecular weight is 274 g/mol. The Morgan fingerprint density at radius 1 is 1.40 bits per heavy atom. The Labute approximate surface area is 119 Å². The second-order valence-corrected chi connectivity index (χ2v) is 5.78. The van der Waals surface area contributed by atoms with Crippen molar-refractivity contribution in [1.29, 1.82) is 0 Å². The normalized spacial score (nSPS) is 16.6. The van der Waals surface area contributed by atoms with E-state index in [1.165, 1.54) is 18.4 Å². The molecule has 1 N–H and O–H groups in total. The summed E-state index contributed by atoms with van der Waals surface area (Å²) in [4.78, 5) is 0. The Bertz CT molecular complexity index is 609. The molecule has 1 saturated carbocycles. The molecule has 0 saturated heterocycles. The number of nitrogens with zero attached hydrogens (tertiary/aromatic N) is 3. The number of furan rings is 1. The number of aromatic nitrogens is 3. The van der Waals surface area contributed by atoms with Gasteiger partial charge in [0.1, 0.15) is 23.2 Å². The summed E-state index contributed by atoms with van der Waals surface area (Å²) in [7, 11) is 2.06. The monoisotopic (exact) mass is 274 g/mol. The van der Waals surface area contributed by atoms with E-state index in [2.05, 4.69) is 40.1 Å².